The Kier molecular flexibility index (Phi) is 8.61. The van der Waals surface area contributed by atoms with E-state index in [0.29, 0.717) is 36.3 Å². The van der Waals surface area contributed by atoms with Crippen molar-refractivity contribution in [3.63, 3.8) is 0 Å². The molecule has 0 bridgehead atoms. The van der Waals surface area contributed by atoms with Crippen LogP contribution >= 0.6 is 27.5 Å². The Bertz CT molecular complexity index is 885. The van der Waals surface area contributed by atoms with Gasteiger partial charge in [-0.15, -0.1) is 0 Å². The van der Waals surface area contributed by atoms with E-state index in [4.69, 9.17) is 21.1 Å². The predicted molar refractivity (Wildman–Crippen MR) is 123 cm³/mol. The molecule has 0 radical (unpaired) electrons. The van der Waals surface area contributed by atoms with Crippen LogP contribution in [0, 0.1) is 5.92 Å². The fourth-order valence-electron chi connectivity index (χ4n) is 3.27. The van der Waals surface area contributed by atoms with Crippen LogP contribution in [0.2, 0.25) is 5.02 Å². The first-order valence-corrected chi connectivity index (χ1v) is 11.1. The fourth-order valence-corrected chi connectivity index (χ4v) is 4.07. The number of ether oxygens (including phenoxy) is 2. The Morgan fingerprint density at radius 2 is 1.93 bits per heavy atom. The van der Waals surface area contributed by atoms with Gasteiger partial charge in [0.1, 0.15) is 24.7 Å². The average Bonchev–Trinajstić information content (AvgIpc) is 2.76. The maximum atomic E-state index is 12.5. The normalized spacial score (nSPS) is 14.2. The lowest BCUT2D eigenvalue weighted by atomic mass is 9.97. The van der Waals surface area contributed by atoms with Crippen molar-refractivity contribution in [3.8, 4) is 11.5 Å². The third-order valence-corrected chi connectivity index (χ3v) is 5.87. The first kappa shape index (κ1) is 22.7. The third-order valence-electron chi connectivity index (χ3n) is 4.89. The summed E-state index contributed by atoms with van der Waals surface area (Å²) in [6, 6.07) is 11.3. The minimum atomic E-state index is 0.0735. The standard InChI is InChI=1S/C23H26BrClN2O3/c1-2-9-29-20-10-16(14-27-23(28)17-5-7-26-8-6-17)11-21(13-20)30-15-18-3-4-19(25)12-22(18)24/h2-4,10-13,17,26H,1,5-9,14-15H2,(H,27,28). The molecule has 3 rings (SSSR count). The largest absolute Gasteiger partial charge is 0.489 e. The molecule has 1 saturated heterocycles. The van der Waals surface area contributed by atoms with Gasteiger partial charge < -0.3 is 20.1 Å². The van der Waals surface area contributed by atoms with Crippen molar-refractivity contribution in [2.24, 2.45) is 5.92 Å². The summed E-state index contributed by atoms with van der Waals surface area (Å²) in [6.45, 7) is 6.67. The monoisotopic (exact) mass is 492 g/mol. The summed E-state index contributed by atoms with van der Waals surface area (Å²) in [5, 5.41) is 6.99. The highest BCUT2D eigenvalue weighted by Gasteiger charge is 2.20. The van der Waals surface area contributed by atoms with Crippen molar-refractivity contribution in [2.75, 3.05) is 19.7 Å². The molecule has 1 amide bonds. The van der Waals surface area contributed by atoms with Gasteiger partial charge in [0.2, 0.25) is 5.91 Å². The van der Waals surface area contributed by atoms with E-state index < -0.39 is 0 Å². The Morgan fingerprint density at radius 1 is 1.20 bits per heavy atom. The summed E-state index contributed by atoms with van der Waals surface area (Å²) in [6.07, 6.45) is 3.44. The van der Waals surface area contributed by atoms with Crippen LogP contribution in [0.15, 0.2) is 53.5 Å². The Hall–Kier alpha value is -2.02. The van der Waals surface area contributed by atoms with E-state index in [2.05, 4.69) is 33.1 Å². The van der Waals surface area contributed by atoms with Crippen molar-refractivity contribution >= 4 is 33.4 Å². The van der Waals surface area contributed by atoms with Crippen LogP contribution < -0.4 is 20.1 Å². The number of halogens is 2. The molecule has 0 saturated carbocycles. The molecule has 7 heteroatoms. The molecule has 2 aromatic carbocycles. The summed E-state index contributed by atoms with van der Waals surface area (Å²) < 4.78 is 12.6. The molecule has 160 valence electrons. The number of carbonyl (C=O) groups excluding carboxylic acids is 1. The van der Waals surface area contributed by atoms with Crippen molar-refractivity contribution in [1.29, 1.82) is 0 Å². The maximum Gasteiger partial charge on any atom is 0.223 e. The summed E-state index contributed by atoms with van der Waals surface area (Å²) in [5.41, 5.74) is 1.90. The smallest absolute Gasteiger partial charge is 0.223 e. The third kappa shape index (κ3) is 6.76. The number of rotatable bonds is 9. The molecular weight excluding hydrogens is 468 g/mol. The highest BCUT2D eigenvalue weighted by Crippen LogP contribution is 2.27. The van der Waals surface area contributed by atoms with Gasteiger partial charge in [-0.2, -0.15) is 0 Å². The van der Waals surface area contributed by atoms with E-state index in [1.807, 2.05) is 36.4 Å². The molecular formula is C23H26BrClN2O3. The fraction of sp³-hybridized carbons (Fsp3) is 0.348. The van der Waals surface area contributed by atoms with Crippen molar-refractivity contribution < 1.29 is 14.3 Å². The van der Waals surface area contributed by atoms with Crippen molar-refractivity contribution in [1.82, 2.24) is 10.6 Å². The van der Waals surface area contributed by atoms with Crippen LogP contribution in [0.1, 0.15) is 24.0 Å². The Morgan fingerprint density at radius 3 is 2.63 bits per heavy atom. The second-order valence-corrected chi connectivity index (χ2v) is 8.47. The van der Waals surface area contributed by atoms with Gasteiger partial charge in [-0.05, 0) is 55.8 Å². The zero-order chi connectivity index (χ0) is 21.3. The van der Waals surface area contributed by atoms with Crippen LogP contribution in [-0.2, 0) is 17.9 Å². The topological polar surface area (TPSA) is 59.6 Å². The quantitative estimate of drug-likeness (QED) is 0.490. The molecule has 1 aliphatic heterocycles. The summed E-state index contributed by atoms with van der Waals surface area (Å²) >= 11 is 9.52. The summed E-state index contributed by atoms with van der Waals surface area (Å²) in [7, 11) is 0. The lowest BCUT2D eigenvalue weighted by Crippen LogP contribution is -2.37. The number of amides is 1. The second-order valence-electron chi connectivity index (χ2n) is 7.18. The van der Waals surface area contributed by atoms with Crippen LogP contribution in [-0.4, -0.2) is 25.6 Å². The first-order chi connectivity index (χ1) is 14.5. The molecule has 0 aromatic heterocycles. The number of hydrogen-bond acceptors (Lipinski definition) is 4. The Labute approximate surface area is 190 Å². The van der Waals surface area contributed by atoms with E-state index >= 15 is 0 Å². The highest BCUT2D eigenvalue weighted by molar-refractivity contribution is 9.10. The van der Waals surface area contributed by atoms with Crippen molar-refractivity contribution in [2.45, 2.75) is 26.0 Å². The van der Waals surface area contributed by atoms with Gasteiger partial charge in [-0.25, -0.2) is 0 Å². The summed E-state index contributed by atoms with van der Waals surface area (Å²) in [4.78, 5) is 12.5. The van der Waals surface area contributed by atoms with Gasteiger partial charge in [-0.3, -0.25) is 4.79 Å². The predicted octanol–water partition coefficient (Wildman–Crippen LogP) is 4.86. The minimum absolute atomic E-state index is 0.0735. The first-order valence-electron chi connectivity index (χ1n) is 9.98. The molecule has 1 fully saturated rings. The SMILES string of the molecule is C=CCOc1cc(CNC(=O)C2CCNCC2)cc(OCc2ccc(Cl)cc2Br)c1. The van der Waals surface area contributed by atoms with Gasteiger partial charge >= 0.3 is 0 Å². The second kappa shape index (κ2) is 11.4. The Balaban J connectivity index is 1.67. The van der Waals surface area contributed by atoms with E-state index in [1.54, 1.807) is 6.08 Å². The molecule has 2 N–H and O–H groups in total. The van der Waals surface area contributed by atoms with Crippen LogP contribution in [0.25, 0.3) is 0 Å². The molecule has 0 aliphatic carbocycles. The van der Waals surface area contributed by atoms with E-state index in [-0.39, 0.29) is 11.8 Å². The summed E-state index contributed by atoms with van der Waals surface area (Å²) in [5.74, 6) is 1.52. The number of piperidine rings is 1. The van der Waals surface area contributed by atoms with Crippen LogP contribution in [0.4, 0.5) is 0 Å². The lowest BCUT2D eigenvalue weighted by Gasteiger charge is -2.22. The van der Waals surface area contributed by atoms with Gasteiger partial charge in [0.25, 0.3) is 0 Å². The molecule has 0 atom stereocenters. The average molecular weight is 494 g/mol. The number of benzene rings is 2. The molecule has 1 heterocycles. The molecule has 0 unspecified atom stereocenters. The van der Waals surface area contributed by atoms with Crippen molar-refractivity contribution in [3.05, 3.63) is 69.7 Å². The maximum absolute atomic E-state index is 12.5. The zero-order valence-electron chi connectivity index (χ0n) is 16.8. The highest BCUT2D eigenvalue weighted by atomic mass is 79.9. The van der Waals surface area contributed by atoms with E-state index in [0.717, 1.165) is 41.5 Å². The van der Waals surface area contributed by atoms with Crippen LogP contribution in [0.3, 0.4) is 0 Å². The van der Waals surface area contributed by atoms with E-state index in [9.17, 15) is 4.79 Å². The zero-order valence-corrected chi connectivity index (χ0v) is 19.1. The van der Waals surface area contributed by atoms with E-state index in [1.165, 1.54) is 0 Å². The molecule has 0 spiro atoms. The number of hydrogen-bond donors (Lipinski definition) is 2. The van der Waals surface area contributed by atoms with Gasteiger partial charge in [0.15, 0.2) is 0 Å². The van der Waals surface area contributed by atoms with Gasteiger partial charge in [0, 0.05) is 33.6 Å². The number of carbonyl (C=O) groups is 1. The molecule has 5 nitrogen and oxygen atoms in total. The van der Waals surface area contributed by atoms with Gasteiger partial charge in [0.05, 0.1) is 0 Å². The van der Waals surface area contributed by atoms with Crippen LogP contribution in [0.5, 0.6) is 11.5 Å². The minimum Gasteiger partial charge on any atom is -0.489 e. The molecule has 1 aliphatic rings. The number of nitrogens with one attached hydrogen (secondary N) is 2. The molecule has 2 aromatic rings. The van der Waals surface area contributed by atoms with Gasteiger partial charge in [-0.1, -0.05) is 46.3 Å². The molecule has 30 heavy (non-hydrogen) atoms. The lowest BCUT2D eigenvalue weighted by molar-refractivity contribution is -0.125.